The van der Waals surface area contributed by atoms with Crippen molar-refractivity contribution in [1.82, 2.24) is 16.0 Å². The number of amides is 4. The van der Waals surface area contributed by atoms with Crippen molar-refractivity contribution in [2.24, 2.45) is 11.7 Å². The molecule has 1 unspecified atom stereocenters. The van der Waals surface area contributed by atoms with Crippen LogP contribution in [0.25, 0.3) is 0 Å². The fraction of sp³-hybridized carbons (Fsp3) is 0.476. The number of aromatic hydroxyl groups is 1. The number of benzene rings is 1. The molecule has 1 aliphatic heterocycles. The molecule has 0 saturated carbocycles. The average molecular weight is 464 g/mol. The number of epoxide rings is 1. The number of carboxylic acid groups (broad SMARTS) is 1. The number of nitrogens with one attached hydrogen (secondary N) is 3. The van der Waals surface area contributed by atoms with Crippen molar-refractivity contribution in [3.05, 3.63) is 29.8 Å². The number of ether oxygens (including phenoxy) is 1. The van der Waals surface area contributed by atoms with Gasteiger partial charge in [-0.15, -0.1) is 0 Å². The normalized spacial score (nSPS) is 18.6. The van der Waals surface area contributed by atoms with Crippen LogP contribution >= 0.6 is 0 Å². The van der Waals surface area contributed by atoms with Gasteiger partial charge in [0.25, 0.3) is 11.8 Å². The van der Waals surface area contributed by atoms with Crippen LogP contribution in [0, 0.1) is 5.92 Å². The molecule has 1 aliphatic rings. The Hall–Kier alpha value is -3.67. The highest BCUT2D eigenvalue weighted by Gasteiger charge is 2.51. The zero-order valence-electron chi connectivity index (χ0n) is 18.2. The number of primary amides is 1. The largest absolute Gasteiger partial charge is 0.508 e. The number of aliphatic carboxylic acids is 1. The van der Waals surface area contributed by atoms with Gasteiger partial charge in [0.15, 0.2) is 12.2 Å². The number of phenolic OH excluding ortho intramolecular Hbond substituents is 1. The number of phenols is 1. The van der Waals surface area contributed by atoms with E-state index in [0.29, 0.717) is 5.56 Å². The van der Waals surface area contributed by atoms with Gasteiger partial charge < -0.3 is 36.6 Å². The van der Waals surface area contributed by atoms with Crippen molar-refractivity contribution in [2.75, 3.05) is 6.54 Å². The maximum atomic E-state index is 12.9. The summed E-state index contributed by atoms with van der Waals surface area (Å²) in [5, 5.41) is 25.1. The van der Waals surface area contributed by atoms with Gasteiger partial charge in [0, 0.05) is 6.42 Å². The maximum Gasteiger partial charge on any atom is 0.322 e. The van der Waals surface area contributed by atoms with Crippen molar-refractivity contribution in [3.8, 4) is 5.75 Å². The molecule has 1 fully saturated rings. The lowest BCUT2D eigenvalue weighted by atomic mass is 10.0. The van der Waals surface area contributed by atoms with Gasteiger partial charge >= 0.3 is 5.97 Å². The Morgan fingerprint density at radius 1 is 1.00 bits per heavy atom. The summed E-state index contributed by atoms with van der Waals surface area (Å²) in [5.41, 5.74) is 6.08. The summed E-state index contributed by atoms with van der Waals surface area (Å²) < 4.78 is 5.02. The molecule has 12 nitrogen and oxygen atoms in total. The molecule has 0 radical (unpaired) electrons. The van der Waals surface area contributed by atoms with Crippen LogP contribution in [0.2, 0.25) is 0 Å². The fourth-order valence-electron chi connectivity index (χ4n) is 3.09. The van der Waals surface area contributed by atoms with Crippen molar-refractivity contribution >= 4 is 29.6 Å². The molecule has 12 heteroatoms. The van der Waals surface area contributed by atoms with Gasteiger partial charge in [-0.3, -0.25) is 24.0 Å². The third-order valence-electron chi connectivity index (χ3n) is 4.80. The monoisotopic (exact) mass is 464 g/mol. The maximum absolute atomic E-state index is 12.9. The minimum atomic E-state index is -1.24. The SMILES string of the molecule is CC(C)C[C@H](NC(=O)C1O[C@H]1C(=O)NCC(=O)O)C(=O)N[C@@H](Cc1ccc(O)cc1)C(N)=O. The number of hydrogen-bond acceptors (Lipinski definition) is 7. The van der Waals surface area contributed by atoms with Gasteiger partial charge in [-0.25, -0.2) is 0 Å². The number of nitrogens with two attached hydrogens (primary N) is 1. The molecule has 2 rings (SSSR count). The van der Waals surface area contributed by atoms with E-state index in [9.17, 15) is 29.1 Å². The Labute approximate surface area is 189 Å². The summed E-state index contributed by atoms with van der Waals surface area (Å²) in [6, 6.07) is 3.98. The molecule has 0 aromatic heterocycles. The molecule has 0 bridgehead atoms. The number of carboxylic acids is 1. The minimum Gasteiger partial charge on any atom is -0.508 e. The second-order valence-corrected chi connectivity index (χ2v) is 8.11. The average Bonchev–Trinajstić information content (AvgIpc) is 3.53. The summed E-state index contributed by atoms with van der Waals surface area (Å²) in [5.74, 6) is -4.05. The molecule has 1 aromatic carbocycles. The summed E-state index contributed by atoms with van der Waals surface area (Å²) in [4.78, 5) is 59.5. The Kier molecular flexibility index (Phi) is 8.74. The lowest BCUT2D eigenvalue weighted by Gasteiger charge is -2.23. The molecule has 1 saturated heterocycles. The Balaban J connectivity index is 1.99. The standard InChI is InChI=1S/C21H28N4O8/c1-10(2)7-14(25-21(32)17-16(33-17)20(31)23-9-15(27)28)19(30)24-13(18(22)29)8-11-3-5-12(26)6-4-11/h3-6,10,13-14,16-17,26H,7-9H2,1-2H3,(H2,22,29)(H,23,31)(H,24,30)(H,25,32)(H,27,28)/t13-,14-,16+,17?/m0/s1. The third-order valence-corrected chi connectivity index (χ3v) is 4.80. The van der Waals surface area contributed by atoms with Crippen molar-refractivity contribution in [2.45, 2.75) is 51.0 Å². The smallest absolute Gasteiger partial charge is 0.322 e. The number of carbonyl (C=O) groups excluding carboxylic acids is 4. The van der Waals surface area contributed by atoms with Gasteiger partial charge in [-0.1, -0.05) is 26.0 Å². The Bertz CT molecular complexity index is 902. The van der Waals surface area contributed by atoms with Crippen molar-refractivity contribution in [3.63, 3.8) is 0 Å². The molecule has 0 spiro atoms. The molecule has 1 heterocycles. The Morgan fingerprint density at radius 3 is 2.15 bits per heavy atom. The van der Waals surface area contributed by atoms with Crippen molar-refractivity contribution < 1.29 is 38.9 Å². The molecular formula is C21H28N4O8. The van der Waals surface area contributed by atoms with E-state index in [2.05, 4.69) is 16.0 Å². The quantitative estimate of drug-likeness (QED) is 0.199. The highest BCUT2D eigenvalue weighted by molar-refractivity contribution is 5.98. The number of rotatable bonds is 12. The molecular weight excluding hydrogens is 436 g/mol. The molecule has 4 amide bonds. The van der Waals surface area contributed by atoms with E-state index in [1.54, 1.807) is 12.1 Å². The van der Waals surface area contributed by atoms with Crippen LogP contribution in [0.3, 0.4) is 0 Å². The predicted molar refractivity (Wildman–Crippen MR) is 114 cm³/mol. The molecule has 33 heavy (non-hydrogen) atoms. The first-order valence-corrected chi connectivity index (χ1v) is 10.3. The first-order valence-electron chi connectivity index (χ1n) is 10.3. The second-order valence-electron chi connectivity index (χ2n) is 8.11. The fourth-order valence-corrected chi connectivity index (χ4v) is 3.09. The van der Waals surface area contributed by atoms with Gasteiger partial charge in [-0.2, -0.15) is 0 Å². The van der Waals surface area contributed by atoms with Crippen molar-refractivity contribution in [1.29, 1.82) is 0 Å². The predicted octanol–water partition coefficient (Wildman–Crippen LogP) is -1.60. The van der Waals surface area contributed by atoms with Gasteiger partial charge in [-0.05, 0) is 30.0 Å². The van der Waals surface area contributed by atoms with Gasteiger partial charge in [0.05, 0.1) is 0 Å². The topological polar surface area (TPSA) is 200 Å². The highest BCUT2D eigenvalue weighted by atomic mass is 16.6. The lowest BCUT2D eigenvalue weighted by molar-refractivity contribution is -0.138. The second kappa shape index (κ2) is 11.3. The molecule has 0 aliphatic carbocycles. The molecule has 4 atom stereocenters. The van der Waals surface area contributed by atoms with E-state index in [-0.39, 0.29) is 24.5 Å². The summed E-state index contributed by atoms with van der Waals surface area (Å²) >= 11 is 0. The van der Waals surface area contributed by atoms with E-state index in [1.807, 2.05) is 13.8 Å². The first-order chi connectivity index (χ1) is 15.5. The summed E-state index contributed by atoms with van der Waals surface area (Å²) in [7, 11) is 0. The number of hydrogen-bond donors (Lipinski definition) is 6. The number of carbonyl (C=O) groups is 5. The Morgan fingerprint density at radius 2 is 1.61 bits per heavy atom. The molecule has 180 valence electrons. The van der Waals surface area contributed by atoms with E-state index < -0.39 is 60.4 Å². The highest BCUT2D eigenvalue weighted by Crippen LogP contribution is 2.23. The van der Waals surface area contributed by atoms with Gasteiger partial charge in [0.1, 0.15) is 24.4 Å². The van der Waals surface area contributed by atoms with E-state index in [0.717, 1.165) is 0 Å². The molecule has 1 aromatic rings. The van der Waals surface area contributed by atoms with Crippen LogP contribution < -0.4 is 21.7 Å². The van der Waals surface area contributed by atoms with Crippen LogP contribution in [0.4, 0.5) is 0 Å². The van der Waals surface area contributed by atoms with Crippen LogP contribution in [0.15, 0.2) is 24.3 Å². The summed E-state index contributed by atoms with van der Waals surface area (Å²) in [6.45, 7) is 3.06. The van der Waals surface area contributed by atoms with E-state index in [1.165, 1.54) is 12.1 Å². The van der Waals surface area contributed by atoms with Crippen LogP contribution in [0.1, 0.15) is 25.8 Å². The minimum absolute atomic E-state index is 0.0000369. The zero-order chi connectivity index (χ0) is 24.7. The van der Waals surface area contributed by atoms with Gasteiger partial charge in [0.2, 0.25) is 11.8 Å². The first kappa shape index (κ1) is 25.6. The van der Waals surface area contributed by atoms with Crippen LogP contribution in [-0.2, 0) is 35.1 Å². The van der Waals surface area contributed by atoms with E-state index >= 15 is 0 Å². The van der Waals surface area contributed by atoms with E-state index in [4.69, 9.17) is 15.6 Å². The zero-order valence-corrected chi connectivity index (χ0v) is 18.2. The lowest BCUT2D eigenvalue weighted by Crippen LogP contribution is -2.54. The van der Waals surface area contributed by atoms with Crippen LogP contribution in [-0.4, -0.2) is 70.6 Å². The van der Waals surface area contributed by atoms with Crippen LogP contribution in [0.5, 0.6) is 5.75 Å². The third kappa shape index (κ3) is 8.07. The molecule has 7 N–H and O–H groups in total. The summed E-state index contributed by atoms with van der Waals surface area (Å²) in [6.07, 6.45) is -1.96.